The topological polar surface area (TPSA) is 24.9 Å². The van der Waals surface area contributed by atoms with E-state index in [9.17, 15) is 0 Å². The number of fused-ring (bicyclic) bond motifs is 1. The predicted molar refractivity (Wildman–Crippen MR) is 61.7 cm³/mol. The molecule has 0 spiro atoms. The van der Waals surface area contributed by atoms with Crippen LogP contribution in [-0.4, -0.2) is 17.6 Å². The maximum absolute atomic E-state index is 5.96. The van der Waals surface area contributed by atoms with Gasteiger partial charge < -0.3 is 5.32 Å². The summed E-state index contributed by atoms with van der Waals surface area (Å²) in [5.41, 5.74) is 2.55. The van der Waals surface area contributed by atoms with Crippen molar-refractivity contribution >= 4 is 17.2 Å². The van der Waals surface area contributed by atoms with Crippen LogP contribution in [0, 0.1) is 5.92 Å². The third-order valence-electron chi connectivity index (χ3n) is 3.36. The molecule has 1 saturated heterocycles. The molecule has 1 aliphatic carbocycles. The van der Waals surface area contributed by atoms with Crippen molar-refractivity contribution in [2.45, 2.75) is 18.9 Å². The van der Waals surface area contributed by atoms with Crippen LogP contribution in [0.5, 0.6) is 0 Å². The average Bonchev–Trinajstić information content (AvgIpc) is 2.77. The van der Waals surface area contributed by atoms with Crippen LogP contribution in [0.1, 0.15) is 18.4 Å². The summed E-state index contributed by atoms with van der Waals surface area (Å²) in [6.07, 6.45) is 8.40. The molecule has 1 aliphatic heterocycles. The van der Waals surface area contributed by atoms with E-state index in [1.807, 2.05) is 12.3 Å². The molecule has 2 atom stereocenters. The molecular formula is C12H13ClN2. The second kappa shape index (κ2) is 3.62. The molecule has 3 rings (SSSR count). The van der Waals surface area contributed by atoms with Crippen molar-refractivity contribution in [1.82, 2.24) is 10.3 Å². The maximum Gasteiger partial charge on any atom is 0.0595 e. The Kier molecular flexibility index (Phi) is 2.26. The Balaban J connectivity index is 1.94. The van der Waals surface area contributed by atoms with Crippen molar-refractivity contribution in [3.63, 3.8) is 0 Å². The van der Waals surface area contributed by atoms with Gasteiger partial charge in [-0.1, -0.05) is 17.7 Å². The summed E-state index contributed by atoms with van der Waals surface area (Å²) in [4.78, 5) is 4.14. The fraction of sp³-hybridized carbons (Fsp3) is 0.417. The zero-order chi connectivity index (χ0) is 10.3. The van der Waals surface area contributed by atoms with Crippen molar-refractivity contribution < 1.29 is 0 Å². The molecule has 15 heavy (non-hydrogen) atoms. The van der Waals surface area contributed by atoms with E-state index < -0.39 is 0 Å². The molecule has 0 aromatic carbocycles. The number of nitrogens with zero attached hydrogens (tertiary/aromatic N) is 1. The lowest BCUT2D eigenvalue weighted by molar-refractivity contribution is 0.557. The predicted octanol–water partition coefficient (Wildman–Crippen LogP) is 2.50. The van der Waals surface area contributed by atoms with Crippen molar-refractivity contribution in [2.24, 2.45) is 5.92 Å². The van der Waals surface area contributed by atoms with Crippen LogP contribution < -0.4 is 5.32 Å². The van der Waals surface area contributed by atoms with Gasteiger partial charge in [0.25, 0.3) is 0 Å². The Morgan fingerprint density at radius 3 is 3.20 bits per heavy atom. The molecule has 1 fully saturated rings. The average molecular weight is 221 g/mol. The van der Waals surface area contributed by atoms with Gasteiger partial charge in [-0.2, -0.15) is 0 Å². The Labute approximate surface area is 94.4 Å². The number of aromatic nitrogens is 1. The van der Waals surface area contributed by atoms with E-state index in [1.165, 1.54) is 24.0 Å². The Morgan fingerprint density at radius 1 is 1.40 bits per heavy atom. The molecule has 0 radical (unpaired) electrons. The summed E-state index contributed by atoms with van der Waals surface area (Å²) >= 11 is 5.96. The quantitative estimate of drug-likeness (QED) is 0.787. The molecule has 2 unspecified atom stereocenters. The van der Waals surface area contributed by atoms with Crippen molar-refractivity contribution in [3.05, 3.63) is 35.1 Å². The Morgan fingerprint density at radius 2 is 2.33 bits per heavy atom. The monoisotopic (exact) mass is 220 g/mol. The summed E-state index contributed by atoms with van der Waals surface area (Å²) in [6.45, 7) is 1.14. The van der Waals surface area contributed by atoms with E-state index in [2.05, 4.69) is 16.4 Å². The van der Waals surface area contributed by atoms with Gasteiger partial charge in [0.1, 0.15) is 0 Å². The third-order valence-corrected chi connectivity index (χ3v) is 3.57. The molecule has 0 bridgehead atoms. The zero-order valence-electron chi connectivity index (χ0n) is 8.41. The molecular weight excluding hydrogens is 208 g/mol. The van der Waals surface area contributed by atoms with Crippen molar-refractivity contribution in [1.29, 1.82) is 0 Å². The molecule has 3 heteroatoms. The van der Waals surface area contributed by atoms with Crippen LogP contribution in [0.25, 0.3) is 5.57 Å². The van der Waals surface area contributed by atoms with E-state index in [0.29, 0.717) is 6.04 Å². The normalized spacial score (nSPS) is 29.0. The molecule has 1 aromatic rings. The fourth-order valence-corrected chi connectivity index (χ4v) is 2.82. The summed E-state index contributed by atoms with van der Waals surface area (Å²) in [6, 6.07) is 2.54. The molecule has 78 valence electrons. The number of rotatable bonds is 1. The molecule has 2 nitrogen and oxygen atoms in total. The number of allylic oxidation sites excluding steroid dienone is 1. The zero-order valence-corrected chi connectivity index (χ0v) is 9.17. The van der Waals surface area contributed by atoms with Crippen molar-refractivity contribution in [2.75, 3.05) is 6.54 Å². The molecule has 0 saturated carbocycles. The number of hydrogen-bond donors (Lipinski definition) is 1. The maximum atomic E-state index is 5.96. The van der Waals surface area contributed by atoms with Gasteiger partial charge in [-0.15, -0.1) is 0 Å². The lowest BCUT2D eigenvalue weighted by Gasteiger charge is -2.14. The Bertz CT molecular complexity index is 414. The van der Waals surface area contributed by atoms with Gasteiger partial charge in [0, 0.05) is 18.4 Å². The minimum atomic E-state index is 0.533. The van der Waals surface area contributed by atoms with Crippen LogP contribution in [0.4, 0.5) is 0 Å². The SMILES string of the molecule is Clc1cncc(C2=CCC3CCNC23)c1. The summed E-state index contributed by atoms with van der Waals surface area (Å²) in [5.74, 6) is 0.791. The van der Waals surface area contributed by atoms with Gasteiger partial charge in [0.05, 0.1) is 5.02 Å². The summed E-state index contributed by atoms with van der Waals surface area (Å²) in [5, 5.41) is 4.26. The highest BCUT2D eigenvalue weighted by Gasteiger charge is 2.33. The minimum absolute atomic E-state index is 0.533. The lowest BCUT2D eigenvalue weighted by Crippen LogP contribution is -2.24. The number of halogens is 1. The minimum Gasteiger partial charge on any atom is -0.310 e. The molecule has 2 heterocycles. The van der Waals surface area contributed by atoms with Crippen LogP contribution in [0.15, 0.2) is 24.5 Å². The van der Waals surface area contributed by atoms with Gasteiger partial charge in [-0.3, -0.25) is 4.98 Å². The van der Waals surface area contributed by atoms with Gasteiger partial charge in [-0.25, -0.2) is 0 Å². The van der Waals surface area contributed by atoms with Gasteiger partial charge in [-0.05, 0) is 42.5 Å². The smallest absolute Gasteiger partial charge is 0.0595 e. The van der Waals surface area contributed by atoms with Crippen LogP contribution in [0.2, 0.25) is 5.02 Å². The standard InChI is InChI=1S/C12H13ClN2/c13-10-5-9(6-14-7-10)11-2-1-8-3-4-15-12(8)11/h2,5-8,12,15H,1,3-4H2. The van der Waals surface area contributed by atoms with E-state index in [-0.39, 0.29) is 0 Å². The van der Waals surface area contributed by atoms with Crippen molar-refractivity contribution in [3.8, 4) is 0 Å². The largest absolute Gasteiger partial charge is 0.310 e. The first-order chi connectivity index (χ1) is 7.34. The van der Waals surface area contributed by atoms with E-state index in [1.54, 1.807) is 6.20 Å². The second-order valence-corrected chi connectivity index (χ2v) is 4.70. The van der Waals surface area contributed by atoms with Crippen LogP contribution >= 0.6 is 11.6 Å². The van der Waals surface area contributed by atoms with Gasteiger partial charge >= 0.3 is 0 Å². The number of nitrogens with one attached hydrogen (secondary N) is 1. The highest BCUT2D eigenvalue weighted by Crippen LogP contribution is 2.37. The molecule has 1 aromatic heterocycles. The first kappa shape index (κ1) is 9.37. The lowest BCUT2D eigenvalue weighted by atomic mass is 9.97. The first-order valence-corrected chi connectivity index (χ1v) is 5.77. The molecule has 0 amide bonds. The summed E-state index contributed by atoms with van der Waals surface area (Å²) < 4.78 is 0. The van der Waals surface area contributed by atoms with Gasteiger partial charge in [0.2, 0.25) is 0 Å². The number of pyridine rings is 1. The Hall–Kier alpha value is -0.860. The van der Waals surface area contributed by atoms with E-state index in [0.717, 1.165) is 17.5 Å². The second-order valence-electron chi connectivity index (χ2n) is 4.27. The van der Waals surface area contributed by atoms with E-state index in [4.69, 9.17) is 11.6 Å². The molecule has 1 N–H and O–H groups in total. The highest BCUT2D eigenvalue weighted by molar-refractivity contribution is 6.30. The number of hydrogen-bond acceptors (Lipinski definition) is 2. The van der Waals surface area contributed by atoms with Crippen LogP contribution in [-0.2, 0) is 0 Å². The summed E-state index contributed by atoms with van der Waals surface area (Å²) in [7, 11) is 0. The fourth-order valence-electron chi connectivity index (χ4n) is 2.65. The van der Waals surface area contributed by atoms with Gasteiger partial charge in [0.15, 0.2) is 0 Å². The van der Waals surface area contributed by atoms with E-state index >= 15 is 0 Å². The first-order valence-electron chi connectivity index (χ1n) is 5.39. The highest BCUT2D eigenvalue weighted by atomic mass is 35.5. The van der Waals surface area contributed by atoms with Crippen LogP contribution in [0.3, 0.4) is 0 Å². The molecule has 2 aliphatic rings. The third kappa shape index (κ3) is 1.58.